The van der Waals surface area contributed by atoms with Gasteiger partial charge < -0.3 is 19.0 Å². The van der Waals surface area contributed by atoms with Gasteiger partial charge in [0, 0.05) is 51.1 Å². The average Bonchev–Trinajstić information content (AvgIpc) is 3.78. The van der Waals surface area contributed by atoms with Gasteiger partial charge in [0.05, 0.1) is 29.1 Å². The van der Waals surface area contributed by atoms with Gasteiger partial charge in [0.1, 0.15) is 17.2 Å². The van der Waals surface area contributed by atoms with E-state index in [-0.39, 0.29) is 11.0 Å². The smallest absolute Gasteiger partial charge is 0.178 e. The van der Waals surface area contributed by atoms with E-state index in [4.69, 9.17) is 14.1 Å². The van der Waals surface area contributed by atoms with Gasteiger partial charge in [-0.25, -0.2) is 4.98 Å². The molecule has 5 aromatic carbocycles. The van der Waals surface area contributed by atoms with Gasteiger partial charge in [0.15, 0.2) is 11.3 Å². The molecule has 1 aliphatic heterocycles. The topological polar surface area (TPSA) is 46.7 Å². The Bertz CT molecular complexity index is 2600. The Kier molecular flexibility index (Phi) is 6.60. The fourth-order valence-corrected chi connectivity index (χ4v) is 7.50. The minimum atomic E-state index is -0.0268. The SMILES string of the molecule is CC(C)(C)c1ccnc(-n2c3ccccc3c3c4c(oc5ccccc54)c(Oc4cccc(N5CN(C(C)(C)C)c6ccccc65)c4)cc32)c1. The van der Waals surface area contributed by atoms with Crippen molar-refractivity contribution in [3.63, 3.8) is 0 Å². The molecule has 9 rings (SSSR count). The molecule has 0 amide bonds. The standard InChI is InChI=1S/C44H40N4O2/c1-43(2,3)28-22-23-45-39(24-28)48-33-18-9-7-16-31(33)40-36(48)26-38(42-41(40)32-17-8-12-21-37(32)50-42)49-30-15-13-14-29(25-30)46-27-47(44(4,5)6)35-20-11-10-19-34(35)46/h7-26H,27H2,1-6H3. The monoisotopic (exact) mass is 656 g/mol. The van der Waals surface area contributed by atoms with Gasteiger partial charge >= 0.3 is 0 Å². The van der Waals surface area contributed by atoms with E-state index in [1.807, 2.05) is 24.4 Å². The summed E-state index contributed by atoms with van der Waals surface area (Å²) in [6.07, 6.45) is 1.92. The Hall–Kier alpha value is -5.75. The van der Waals surface area contributed by atoms with Crippen LogP contribution in [0.3, 0.4) is 0 Å². The molecule has 1 aliphatic rings. The molecule has 0 fully saturated rings. The second kappa shape index (κ2) is 10.9. The van der Waals surface area contributed by atoms with Crippen LogP contribution in [-0.2, 0) is 5.41 Å². The molecule has 0 saturated heterocycles. The Morgan fingerprint density at radius 2 is 1.42 bits per heavy atom. The summed E-state index contributed by atoms with van der Waals surface area (Å²) in [4.78, 5) is 9.73. The Labute approximate surface area is 292 Å². The van der Waals surface area contributed by atoms with Crippen LogP contribution in [0.5, 0.6) is 11.5 Å². The summed E-state index contributed by atoms with van der Waals surface area (Å²) in [6, 6.07) is 40.3. The highest BCUT2D eigenvalue weighted by molar-refractivity contribution is 6.28. The maximum Gasteiger partial charge on any atom is 0.178 e. The van der Waals surface area contributed by atoms with E-state index in [0.717, 1.165) is 67.7 Å². The summed E-state index contributed by atoms with van der Waals surface area (Å²) in [5.74, 6) is 2.28. The highest BCUT2D eigenvalue weighted by Crippen LogP contribution is 2.47. The van der Waals surface area contributed by atoms with Crippen LogP contribution in [0.2, 0.25) is 0 Å². The van der Waals surface area contributed by atoms with E-state index < -0.39 is 0 Å². The van der Waals surface area contributed by atoms with Crippen molar-refractivity contribution in [1.29, 1.82) is 0 Å². The maximum atomic E-state index is 6.91. The van der Waals surface area contributed by atoms with E-state index in [2.05, 4.69) is 153 Å². The zero-order chi connectivity index (χ0) is 34.4. The van der Waals surface area contributed by atoms with Crippen LogP contribution in [0.4, 0.5) is 17.1 Å². The first-order chi connectivity index (χ1) is 24.1. The van der Waals surface area contributed by atoms with Crippen LogP contribution < -0.4 is 14.5 Å². The second-order valence-corrected chi connectivity index (χ2v) is 15.3. The molecule has 248 valence electrons. The number of para-hydroxylation sites is 4. The molecule has 6 heteroatoms. The summed E-state index contributed by atoms with van der Waals surface area (Å²) in [7, 11) is 0. The minimum absolute atomic E-state index is 0.0243. The highest BCUT2D eigenvalue weighted by Gasteiger charge is 2.33. The van der Waals surface area contributed by atoms with E-state index in [1.165, 1.54) is 16.9 Å². The van der Waals surface area contributed by atoms with Crippen molar-refractivity contribution in [2.75, 3.05) is 16.5 Å². The molecule has 0 atom stereocenters. The van der Waals surface area contributed by atoms with Crippen LogP contribution in [0.1, 0.15) is 47.1 Å². The van der Waals surface area contributed by atoms with Gasteiger partial charge in [0.2, 0.25) is 0 Å². The van der Waals surface area contributed by atoms with Crippen molar-refractivity contribution >= 4 is 60.8 Å². The van der Waals surface area contributed by atoms with Crippen LogP contribution in [0.25, 0.3) is 49.6 Å². The molecule has 0 bridgehead atoms. The zero-order valence-corrected chi connectivity index (χ0v) is 29.4. The predicted octanol–water partition coefficient (Wildman–Crippen LogP) is 11.9. The Balaban J connectivity index is 1.25. The number of ether oxygens (including phenoxy) is 1. The molecule has 4 heterocycles. The molecule has 0 spiro atoms. The first-order valence-electron chi connectivity index (χ1n) is 17.3. The second-order valence-electron chi connectivity index (χ2n) is 15.3. The normalized spacial score (nSPS) is 13.6. The van der Waals surface area contributed by atoms with Gasteiger partial charge in [-0.05, 0) is 80.3 Å². The first kappa shape index (κ1) is 30.3. The van der Waals surface area contributed by atoms with E-state index in [0.29, 0.717) is 5.75 Å². The van der Waals surface area contributed by atoms with E-state index >= 15 is 0 Å². The molecular weight excluding hydrogens is 617 g/mol. The van der Waals surface area contributed by atoms with Gasteiger partial charge in [-0.1, -0.05) is 75.4 Å². The number of nitrogens with zero attached hydrogens (tertiary/aromatic N) is 4. The number of benzene rings is 5. The Morgan fingerprint density at radius 1 is 0.680 bits per heavy atom. The third-order valence-electron chi connectivity index (χ3n) is 10.0. The summed E-state index contributed by atoms with van der Waals surface area (Å²) in [5, 5.41) is 4.37. The summed E-state index contributed by atoms with van der Waals surface area (Å²) >= 11 is 0. The predicted molar refractivity (Wildman–Crippen MR) is 207 cm³/mol. The lowest BCUT2D eigenvalue weighted by atomic mass is 9.88. The lowest BCUT2D eigenvalue weighted by Gasteiger charge is -2.34. The zero-order valence-electron chi connectivity index (χ0n) is 29.4. The van der Waals surface area contributed by atoms with Gasteiger partial charge in [-0.15, -0.1) is 0 Å². The summed E-state index contributed by atoms with van der Waals surface area (Å²) < 4.78 is 15.8. The molecule has 0 N–H and O–H groups in total. The quantitative estimate of drug-likeness (QED) is 0.189. The molecule has 3 aromatic heterocycles. The van der Waals surface area contributed by atoms with Gasteiger partial charge in [-0.3, -0.25) is 4.57 Å². The van der Waals surface area contributed by atoms with Crippen molar-refractivity contribution in [3.05, 3.63) is 127 Å². The van der Waals surface area contributed by atoms with Crippen molar-refractivity contribution < 1.29 is 9.15 Å². The van der Waals surface area contributed by atoms with Crippen LogP contribution in [-0.4, -0.2) is 21.8 Å². The molecule has 0 radical (unpaired) electrons. The number of anilines is 3. The number of rotatable bonds is 4. The third kappa shape index (κ3) is 4.73. The molecule has 0 saturated carbocycles. The number of fused-ring (bicyclic) bond motifs is 8. The van der Waals surface area contributed by atoms with Gasteiger partial charge in [-0.2, -0.15) is 0 Å². The number of hydrogen-bond donors (Lipinski definition) is 0. The summed E-state index contributed by atoms with van der Waals surface area (Å²) in [5.41, 5.74) is 8.33. The molecule has 50 heavy (non-hydrogen) atoms. The number of furan rings is 1. The van der Waals surface area contributed by atoms with Crippen LogP contribution in [0.15, 0.2) is 126 Å². The Morgan fingerprint density at radius 3 is 2.22 bits per heavy atom. The largest absolute Gasteiger partial charge is 0.453 e. The first-order valence-corrected chi connectivity index (χ1v) is 17.3. The van der Waals surface area contributed by atoms with E-state index in [9.17, 15) is 0 Å². The maximum absolute atomic E-state index is 6.91. The lowest BCUT2D eigenvalue weighted by Crippen LogP contribution is -2.42. The van der Waals surface area contributed by atoms with Gasteiger partial charge in [0.25, 0.3) is 0 Å². The molecule has 8 aromatic rings. The van der Waals surface area contributed by atoms with Crippen LogP contribution in [0, 0.1) is 0 Å². The number of aromatic nitrogens is 2. The average molecular weight is 657 g/mol. The van der Waals surface area contributed by atoms with Crippen LogP contribution >= 0.6 is 0 Å². The van der Waals surface area contributed by atoms with Crippen molar-refractivity contribution in [3.8, 4) is 17.3 Å². The van der Waals surface area contributed by atoms with Crippen molar-refractivity contribution in [1.82, 2.24) is 9.55 Å². The fraction of sp³-hybridized carbons (Fsp3) is 0.205. The number of hydrogen-bond acceptors (Lipinski definition) is 5. The summed E-state index contributed by atoms with van der Waals surface area (Å²) in [6.45, 7) is 14.2. The minimum Gasteiger partial charge on any atom is -0.453 e. The third-order valence-corrected chi connectivity index (χ3v) is 10.0. The van der Waals surface area contributed by atoms with Crippen molar-refractivity contribution in [2.45, 2.75) is 52.5 Å². The lowest BCUT2D eigenvalue weighted by molar-refractivity contribution is 0.477. The molecular formula is C44H40N4O2. The van der Waals surface area contributed by atoms with Crippen molar-refractivity contribution in [2.24, 2.45) is 0 Å². The van der Waals surface area contributed by atoms with E-state index in [1.54, 1.807) is 0 Å². The molecule has 6 nitrogen and oxygen atoms in total. The fourth-order valence-electron chi connectivity index (χ4n) is 7.50. The number of pyridine rings is 1. The molecule has 0 unspecified atom stereocenters. The molecule has 0 aliphatic carbocycles. The highest BCUT2D eigenvalue weighted by atomic mass is 16.5.